The number of fused-ring (bicyclic) bond motifs is 1. The van der Waals surface area contributed by atoms with Crippen LogP contribution in [0.15, 0.2) is 66.3 Å². The minimum Gasteiger partial charge on any atom is -0.494 e. The van der Waals surface area contributed by atoms with Gasteiger partial charge < -0.3 is 10.1 Å². The van der Waals surface area contributed by atoms with Crippen molar-refractivity contribution in [2.45, 2.75) is 13.1 Å². The summed E-state index contributed by atoms with van der Waals surface area (Å²) in [6, 6.07) is 16.6. The summed E-state index contributed by atoms with van der Waals surface area (Å²) in [6.07, 6.45) is 3.69. The van der Waals surface area contributed by atoms with Crippen molar-refractivity contribution in [3.05, 3.63) is 77.4 Å². The molecule has 0 amide bonds. The summed E-state index contributed by atoms with van der Waals surface area (Å²) in [5, 5.41) is 11.4. The van der Waals surface area contributed by atoms with Crippen LogP contribution in [0.2, 0.25) is 0 Å². The molecule has 0 bridgehead atoms. The molecular formula is C20H19N3OS. The molecule has 4 nitrogen and oxygen atoms in total. The van der Waals surface area contributed by atoms with Crippen LogP contribution in [0.25, 0.3) is 15.8 Å². The lowest BCUT2D eigenvalue weighted by atomic mass is 10.1. The number of aromatic nitrogens is 2. The number of nitrogens with one attached hydrogen (secondary N) is 1. The summed E-state index contributed by atoms with van der Waals surface area (Å²) in [4.78, 5) is 0. The van der Waals surface area contributed by atoms with Crippen molar-refractivity contribution in [3.8, 4) is 11.4 Å². The van der Waals surface area contributed by atoms with Crippen LogP contribution < -0.4 is 10.1 Å². The highest BCUT2D eigenvalue weighted by atomic mass is 32.1. The molecule has 0 atom stereocenters. The van der Waals surface area contributed by atoms with Gasteiger partial charge in [0.2, 0.25) is 0 Å². The average molecular weight is 349 g/mol. The quantitative estimate of drug-likeness (QED) is 0.561. The predicted molar refractivity (Wildman–Crippen MR) is 102 cm³/mol. The lowest BCUT2D eigenvalue weighted by molar-refractivity contribution is 0.404. The molecule has 0 aliphatic heterocycles. The standard InChI is InChI=1S/C20H19N3OS/c1-24-20-15(6-4-8-18(20)23-11-5-10-22-23)12-21-13-16-14-25-19-9-3-2-7-17(16)19/h2-11,14,21H,12-13H2,1H3. The highest BCUT2D eigenvalue weighted by Crippen LogP contribution is 2.28. The number of para-hydroxylation sites is 1. The molecule has 126 valence electrons. The SMILES string of the molecule is COc1c(CNCc2csc3ccccc23)cccc1-n1cccn1. The fourth-order valence-corrected chi connectivity index (χ4v) is 4.00. The van der Waals surface area contributed by atoms with E-state index in [0.29, 0.717) is 0 Å². The van der Waals surface area contributed by atoms with Crippen molar-refractivity contribution >= 4 is 21.4 Å². The number of hydrogen-bond acceptors (Lipinski definition) is 4. The Balaban J connectivity index is 1.52. The lowest BCUT2D eigenvalue weighted by Crippen LogP contribution is -2.14. The fraction of sp³-hybridized carbons (Fsp3) is 0.150. The molecule has 0 spiro atoms. The second-order valence-electron chi connectivity index (χ2n) is 5.78. The maximum absolute atomic E-state index is 5.66. The molecule has 1 N–H and O–H groups in total. The zero-order valence-corrected chi connectivity index (χ0v) is 14.8. The van der Waals surface area contributed by atoms with Crippen LogP contribution in [0.4, 0.5) is 0 Å². The number of benzene rings is 2. The second kappa shape index (κ2) is 7.09. The van der Waals surface area contributed by atoms with E-state index in [1.54, 1.807) is 24.6 Å². The molecule has 0 aliphatic rings. The Hall–Kier alpha value is -2.63. The molecule has 2 aromatic carbocycles. The van der Waals surface area contributed by atoms with Gasteiger partial charge in [-0.3, -0.25) is 0 Å². The molecule has 0 radical (unpaired) electrons. The summed E-state index contributed by atoms with van der Waals surface area (Å²) >= 11 is 1.79. The van der Waals surface area contributed by atoms with E-state index < -0.39 is 0 Å². The smallest absolute Gasteiger partial charge is 0.148 e. The van der Waals surface area contributed by atoms with Crippen LogP contribution >= 0.6 is 11.3 Å². The third-order valence-corrected chi connectivity index (χ3v) is 5.24. The van der Waals surface area contributed by atoms with Crippen molar-refractivity contribution < 1.29 is 4.74 Å². The molecule has 4 rings (SSSR count). The van der Waals surface area contributed by atoms with Gasteiger partial charge in [0.1, 0.15) is 11.4 Å². The molecule has 0 fully saturated rings. The molecule has 4 aromatic rings. The van der Waals surface area contributed by atoms with Gasteiger partial charge in [0.15, 0.2) is 0 Å². The van der Waals surface area contributed by atoms with Gasteiger partial charge in [0, 0.05) is 35.7 Å². The van der Waals surface area contributed by atoms with Gasteiger partial charge in [-0.25, -0.2) is 4.68 Å². The maximum atomic E-state index is 5.66. The number of hydrogen-bond donors (Lipinski definition) is 1. The van der Waals surface area contributed by atoms with Crippen LogP contribution in [-0.4, -0.2) is 16.9 Å². The van der Waals surface area contributed by atoms with E-state index in [-0.39, 0.29) is 0 Å². The first-order valence-corrected chi connectivity index (χ1v) is 9.06. The lowest BCUT2D eigenvalue weighted by Gasteiger charge is -2.14. The average Bonchev–Trinajstić information content (AvgIpc) is 3.32. The molecule has 0 saturated carbocycles. The Morgan fingerprint density at radius 2 is 1.92 bits per heavy atom. The predicted octanol–water partition coefficient (Wildman–Crippen LogP) is 4.39. The van der Waals surface area contributed by atoms with Crippen LogP contribution in [0.5, 0.6) is 5.75 Å². The minimum atomic E-state index is 0.739. The van der Waals surface area contributed by atoms with Gasteiger partial charge in [-0.1, -0.05) is 30.3 Å². The molecule has 0 aliphatic carbocycles. The molecule has 0 saturated heterocycles. The Kier molecular flexibility index (Phi) is 4.50. The van der Waals surface area contributed by atoms with E-state index in [9.17, 15) is 0 Å². The van der Waals surface area contributed by atoms with Gasteiger partial charge in [-0.05, 0) is 34.5 Å². The zero-order chi connectivity index (χ0) is 17.1. The molecular weight excluding hydrogens is 330 g/mol. The Morgan fingerprint density at radius 3 is 2.76 bits per heavy atom. The highest BCUT2D eigenvalue weighted by Gasteiger charge is 2.11. The Bertz CT molecular complexity index is 976. The summed E-state index contributed by atoms with van der Waals surface area (Å²) in [7, 11) is 1.71. The number of nitrogens with zero attached hydrogens (tertiary/aromatic N) is 2. The third-order valence-electron chi connectivity index (χ3n) is 4.22. The minimum absolute atomic E-state index is 0.739. The van der Waals surface area contributed by atoms with Crippen molar-refractivity contribution in [3.63, 3.8) is 0 Å². The van der Waals surface area contributed by atoms with Crippen molar-refractivity contribution in [2.75, 3.05) is 7.11 Å². The zero-order valence-electron chi connectivity index (χ0n) is 14.0. The third kappa shape index (κ3) is 3.16. The Labute approximate surface area is 150 Å². The summed E-state index contributed by atoms with van der Waals surface area (Å²) < 4.78 is 8.82. The van der Waals surface area contributed by atoms with Crippen LogP contribution in [-0.2, 0) is 13.1 Å². The van der Waals surface area contributed by atoms with Gasteiger partial charge in [-0.15, -0.1) is 11.3 Å². The van der Waals surface area contributed by atoms with Crippen molar-refractivity contribution in [1.82, 2.24) is 15.1 Å². The molecule has 5 heteroatoms. The normalized spacial score (nSPS) is 11.1. The fourth-order valence-electron chi connectivity index (χ4n) is 3.04. The monoisotopic (exact) mass is 349 g/mol. The van der Waals surface area contributed by atoms with Crippen molar-refractivity contribution in [2.24, 2.45) is 0 Å². The second-order valence-corrected chi connectivity index (χ2v) is 6.69. The van der Waals surface area contributed by atoms with E-state index in [2.05, 4.69) is 46.1 Å². The molecule has 2 aromatic heterocycles. The van der Waals surface area contributed by atoms with Gasteiger partial charge in [-0.2, -0.15) is 5.10 Å². The summed E-state index contributed by atoms with van der Waals surface area (Å²) in [5.74, 6) is 0.855. The van der Waals surface area contributed by atoms with Gasteiger partial charge in [0.25, 0.3) is 0 Å². The van der Waals surface area contributed by atoms with Gasteiger partial charge >= 0.3 is 0 Å². The van der Waals surface area contributed by atoms with Gasteiger partial charge in [0.05, 0.1) is 7.11 Å². The highest BCUT2D eigenvalue weighted by molar-refractivity contribution is 7.17. The molecule has 2 heterocycles. The number of rotatable bonds is 6. The first-order chi connectivity index (χ1) is 12.4. The van der Waals surface area contributed by atoms with Crippen molar-refractivity contribution in [1.29, 1.82) is 0 Å². The van der Waals surface area contributed by atoms with E-state index in [4.69, 9.17) is 4.74 Å². The largest absolute Gasteiger partial charge is 0.494 e. The summed E-state index contributed by atoms with van der Waals surface area (Å²) in [5.41, 5.74) is 3.41. The first-order valence-electron chi connectivity index (χ1n) is 8.18. The van der Waals surface area contributed by atoms with E-state index in [1.807, 2.05) is 29.1 Å². The topological polar surface area (TPSA) is 39.1 Å². The van der Waals surface area contributed by atoms with E-state index in [1.165, 1.54) is 15.6 Å². The van der Waals surface area contributed by atoms with Crippen LogP contribution in [0.3, 0.4) is 0 Å². The van der Waals surface area contributed by atoms with E-state index in [0.717, 1.165) is 30.1 Å². The van der Waals surface area contributed by atoms with E-state index >= 15 is 0 Å². The molecule has 25 heavy (non-hydrogen) atoms. The number of methoxy groups -OCH3 is 1. The number of thiophene rings is 1. The maximum Gasteiger partial charge on any atom is 0.148 e. The number of ether oxygens (including phenoxy) is 1. The Morgan fingerprint density at radius 1 is 1.04 bits per heavy atom. The summed E-state index contributed by atoms with van der Waals surface area (Å²) in [6.45, 7) is 1.57. The first kappa shape index (κ1) is 15.9. The van der Waals surface area contributed by atoms with Crippen LogP contribution in [0.1, 0.15) is 11.1 Å². The molecule has 0 unspecified atom stereocenters. The van der Waals surface area contributed by atoms with Crippen LogP contribution in [0, 0.1) is 0 Å².